The Hall–Kier alpha value is 0.540. The van der Waals surface area contributed by atoms with Gasteiger partial charge in [-0.25, -0.2) is 0 Å². The van der Waals surface area contributed by atoms with E-state index >= 15 is 0 Å². The van der Waals surface area contributed by atoms with E-state index in [4.69, 9.17) is 49.8 Å². The van der Waals surface area contributed by atoms with Crippen LogP contribution in [0, 0.1) is 0 Å². The minimum atomic E-state index is -4.05. The molecule has 0 amide bonds. The molecule has 0 aromatic heterocycles. The van der Waals surface area contributed by atoms with Gasteiger partial charge >= 0.3 is 68.7 Å². The van der Waals surface area contributed by atoms with Crippen molar-refractivity contribution in [2.24, 2.45) is 0 Å². The second-order valence-corrected chi connectivity index (χ2v) is 50.2. The maximum Gasteiger partial charge on any atom is 0.482 e. The van der Waals surface area contributed by atoms with E-state index in [-0.39, 0.29) is 38.8 Å². The zero-order valence-electron chi connectivity index (χ0n) is 39.7. The van der Waals surface area contributed by atoms with E-state index in [1.807, 2.05) is 0 Å². The summed E-state index contributed by atoms with van der Waals surface area (Å²) in [6, 6.07) is 10.6. The first-order valence-corrected chi connectivity index (χ1v) is 42.9. The van der Waals surface area contributed by atoms with Crippen molar-refractivity contribution >= 4 is 82.5 Å². The van der Waals surface area contributed by atoms with Gasteiger partial charge in [0.1, 0.15) is 0 Å². The molecule has 1 aromatic carbocycles. The Morgan fingerprint density at radius 3 is 0.938 bits per heavy atom. The topological polar surface area (TPSA) is 111 Å². The summed E-state index contributed by atoms with van der Waals surface area (Å²) in [4.78, 5) is 0. The molecular weight excluding hydrogens is 956 g/mol. The normalized spacial score (nSPS) is 43.4. The lowest BCUT2D eigenvalue weighted by Gasteiger charge is -2.64. The van der Waals surface area contributed by atoms with E-state index in [0.29, 0.717) is 0 Å². The Labute approximate surface area is 398 Å². The predicted octanol–water partition coefficient (Wildman–Crippen LogP) is 11.7. The lowest BCUT2D eigenvalue weighted by Crippen LogP contribution is -2.87. The van der Waals surface area contributed by atoms with Gasteiger partial charge in [-0.3, -0.25) is 0 Å². The second kappa shape index (κ2) is 17.9. The molecule has 4 aliphatic heterocycles. The molecule has 0 spiro atoms. The van der Waals surface area contributed by atoms with Gasteiger partial charge in [0.2, 0.25) is 0 Å². The average Bonchev–Trinajstić information content (AvgIpc) is 4.11. The molecule has 1 aromatic rings. The van der Waals surface area contributed by atoms with E-state index in [1.165, 1.54) is 0 Å². The molecular formula is C44H77BO12Si8. The molecule has 4 saturated heterocycles. The van der Waals surface area contributed by atoms with Crippen LogP contribution in [0.5, 0.6) is 0 Å². The molecule has 4 heterocycles. The number of hydrogen-bond donors (Lipinski definition) is 0. The zero-order valence-corrected chi connectivity index (χ0v) is 47.7. The summed E-state index contributed by atoms with van der Waals surface area (Å²) in [5, 5.41) is 0. The maximum atomic E-state index is 8.62. The molecule has 11 aliphatic rings. The van der Waals surface area contributed by atoms with Crippen LogP contribution < -0.4 is 5.46 Å². The fourth-order valence-electron chi connectivity index (χ4n) is 14.5. The van der Waals surface area contributed by atoms with Crippen LogP contribution in [0.25, 0.3) is 0 Å². The van der Waals surface area contributed by atoms with Gasteiger partial charge in [0.25, 0.3) is 0 Å². The summed E-state index contributed by atoms with van der Waals surface area (Å²) in [5.41, 5.74) is 1.18. The summed E-state index contributed by atoms with van der Waals surface area (Å²) in [6.45, 7) is 6.96. The molecule has 4 atom stereocenters. The fraction of sp³-hybridized carbons (Fsp3) is 0.864. The Kier molecular flexibility index (Phi) is 12.9. The minimum Gasteiger partial charge on any atom is -0.417 e. The van der Waals surface area contributed by atoms with Crippen LogP contribution in [0.1, 0.15) is 180 Å². The van der Waals surface area contributed by atoms with Crippen molar-refractivity contribution in [3.63, 3.8) is 0 Å². The van der Waals surface area contributed by atoms with Crippen LogP contribution in [0.15, 0.2) is 30.3 Å². The third-order valence-corrected chi connectivity index (χ3v) is 53.8. The van der Waals surface area contributed by atoms with E-state index in [0.717, 1.165) is 185 Å². The Morgan fingerprint density at radius 1 is 0.369 bits per heavy atom. The van der Waals surface area contributed by atoms with Crippen molar-refractivity contribution in [2.45, 2.75) is 238 Å². The summed E-state index contributed by atoms with van der Waals surface area (Å²) >= 11 is 0. The lowest BCUT2D eigenvalue weighted by atomic mass is 9.80. The number of benzene rings is 1. The smallest absolute Gasteiger partial charge is 0.417 e. The number of hydrogen-bond acceptors (Lipinski definition) is 12. The Balaban J connectivity index is 1.19. The second-order valence-electron chi connectivity index (χ2n) is 23.2. The first-order valence-electron chi connectivity index (χ1n) is 26.9. The molecule has 7 aliphatic carbocycles. The van der Waals surface area contributed by atoms with Crippen LogP contribution in [0.4, 0.5) is 0 Å². The van der Waals surface area contributed by atoms with Gasteiger partial charge in [-0.05, 0) is 115 Å². The van der Waals surface area contributed by atoms with Gasteiger partial charge in [-0.2, -0.15) is 0 Å². The van der Waals surface area contributed by atoms with Crippen molar-refractivity contribution in [2.75, 3.05) is 0 Å². The number of fused-ring (bicyclic) bond motifs is 4. The van der Waals surface area contributed by atoms with Crippen LogP contribution in [0.3, 0.4) is 0 Å². The first kappa shape index (κ1) is 46.6. The largest absolute Gasteiger partial charge is 0.482 e. The molecule has 4 unspecified atom stereocenters. The summed E-state index contributed by atoms with van der Waals surface area (Å²) < 4.78 is 101. The molecule has 12 rings (SSSR count). The van der Waals surface area contributed by atoms with E-state index in [9.17, 15) is 0 Å². The van der Waals surface area contributed by atoms with Crippen LogP contribution in [0.2, 0.25) is 58.4 Å². The van der Waals surface area contributed by atoms with Crippen molar-refractivity contribution < 1.29 is 49.8 Å². The van der Waals surface area contributed by atoms with Crippen molar-refractivity contribution in [3.8, 4) is 0 Å². The molecule has 12 nitrogen and oxygen atoms in total. The van der Waals surface area contributed by atoms with E-state index < -0.39 is 77.1 Å². The monoisotopic (exact) mass is 1030 g/mol. The standard InChI is InChI=1S/C44H77BO12Si8/c1-58(2,3)48-61(40-27-11-12-28-40)53-63(42-31-15-16-32-42)51-59(38-23-7-8-24-38)46-45(37-21-5-4-6-22-37)47-60(39-25-9-10-26-39)50-62(49-59,41-29-13-14-30-41)55-65(56-63,44-35-19-20-36-44)57-64(52-60,54-61)43-33-17-18-34-43/h4-6,21-22,38-44H,7-20,23-36H2,1-3H3. The minimum absolute atomic E-state index is 0.0145. The highest BCUT2D eigenvalue weighted by Crippen LogP contribution is 2.64. The lowest BCUT2D eigenvalue weighted by molar-refractivity contribution is -0.0150. The third kappa shape index (κ3) is 8.38. The molecule has 7 saturated carbocycles. The predicted molar refractivity (Wildman–Crippen MR) is 264 cm³/mol. The molecule has 21 heteroatoms. The van der Waals surface area contributed by atoms with Crippen molar-refractivity contribution in [3.05, 3.63) is 30.3 Å². The van der Waals surface area contributed by atoms with Gasteiger partial charge in [-0.15, -0.1) is 0 Å². The Bertz CT molecular complexity index is 1770. The van der Waals surface area contributed by atoms with Crippen molar-refractivity contribution in [1.29, 1.82) is 0 Å². The molecule has 0 N–H and O–H groups in total. The van der Waals surface area contributed by atoms with Gasteiger partial charge < -0.3 is 49.8 Å². The van der Waals surface area contributed by atoms with Gasteiger partial charge in [0, 0.05) is 38.8 Å². The van der Waals surface area contributed by atoms with Crippen LogP contribution in [-0.4, -0.2) is 77.1 Å². The van der Waals surface area contributed by atoms with E-state index in [1.54, 1.807) is 0 Å². The molecule has 65 heavy (non-hydrogen) atoms. The molecule has 360 valence electrons. The summed E-state index contributed by atoms with van der Waals surface area (Å²) in [6.07, 6.45) is 29.0. The van der Waals surface area contributed by atoms with Crippen LogP contribution >= 0.6 is 0 Å². The quantitative estimate of drug-likeness (QED) is 0.208. The summed E-state index contributed by atoms with van der Waals surface area (Å²) in [7, 11) is -31.1. The molecule has 0 radical (unpaired) electrons. The fourth-order valence-corrected chi connectivity index (χ4v) is 64.1. The van der Waals surface area contributed by atoms with Gasteiger partial charge in [0.15, 0.2) is 8.32 Å². The van der Waals surface area contributed by atoms with Crippen LogP contribution in [-0.2, 0) is 49.8 Å². The highest BCUT2D eigenvalue weighted by molar-refractivity contribution is 7.02. The zero-order chi connectivity index (χ0) is 44.0. The molecule has 11 fully saturated rings. The van der Waals surface area contributed by atoms with E-state index in [2.05, 4.69) is 50.0 Å². The van der Waals surface area contributed by atoms with Gasteiger partial charge in [0.05, 0.1) is 0 Å². The SMILES string of the molecule is C[Si](C)(C)O[Si]1(C2CCCC2)O[Si]2(C3CCCC3)O[Si]3(C4CCCC4)OB(c4ccccc4)O[Si]4(C5CCCC5)O[Si](C5CCCC5)(O3)O[Si](C3CCCC3)(O2)O[Si](C2CCCC2)(O4)O1. The summed E-state index contributed by atoms with van der Waals surface area (Å²) in [5.74, 6) is 0. The first-order chi connectivity index (χ1) is 31.5. The van der Waals surface area contributed by atoms with Gasteiger partial charge in [-0.1, -0.05) is 120 Å². The Morgan fingerprint density at radius 2 is 0.631 bits per heavy atom. The highest BCUT2D eigenvalue weighted by atomic mass is 28.6. The van der Waals surface area contributed by atoms with Crippen molar-refractivity contribution in [1.82, 2.24) is 0 Å². The average molecular weight is 1030 g/mol. The maximum absolute atomic E-state index is 8.62. The number of rotatable bonds is 10. The highest BCUT2D eigenvalue weighted by Gasteiger charge is 2.85. The third-order valence-electron chi connectivity index (χ3n) is 17.6. The molecule has 6 bridgehead atoms.